The van der Waals surface area contributed by atoms with Crippen LogP contribution in [0.1, 0.15) is 18.4 Å². The zero-order valence-electron chi connectivity index (χ0n) is 11.4. The highest BCUT2D eigenvalue weighted by atomic mass is 32.2. The van der Waals surface area contributed by atoms with E-state index in [1.165, 1.54) is 25.0 Å². The van der Waals surface area contributed by atoms with Gasteiger partial charge in [-0.25, -0.2) is 0 Å². The van der Waals surface area contributed by atoms with Crippen LogP contribution in [0.4, 0.5) is 0 Å². The Morgan fingerprint density at radius 2 is 1.80 bits per heavy atom. The van der Waals surface area contributed by atoms with Gasteiger partial charge in [0.05, 0.1) is 4.90 Å². The van der Waals surface area contributed by atoms with Crippen LogP contribution < -0.4 is 0 Å². The van der Waals surface area contributed by atoms with Gasteiger partial charge in [0.1, 0.15) is 0 Å². The number of allylic oxidation sites excluding steroid dienone is 2. The number of hydrogen-bond donors (Lipinski definition) is 2. The van der Waals surface area contributed by atoms with Crippen LogP contribution in [-0.4, -0.2) is 24.7 Å². The molecule has 110 valence electrons. The lowest BCUT2D eigenvalue weighted by Gasteiger charge is -2.13. The van der Waals surface area contributed by atoms with E-state index in [-0.39, 0.29) is 4.90 Å². The first kappa shape index (κ1) is 15.2. The number of rotatable bonds is 2. The lowest BCUT2D eigenvalue weighted by Crippen LogP contribution is -2.10. The molecule has 2 aliphatic rings. The first-order valence-corrected chi connectivity index (χ1v) is 8.17. The molecule has 1 aromatic carbocycles. The highest BCUT2D eigenvalue weighted by molar-refractivity contribution is 7.85. The smallest absolute Gasteiger partial charge is 0.294 e. The van der Waals surface area contributed by atoms with E-state index in [2.05, 4.69) is 12.2 Å². The Hall–Kier alpha value is -1.17. The van der Waals surface area contributed by atoms with Crippen molar-refractivity contribution in [3.05, 3.63) is 42.0 Å². The topological polar surface area (TPSA) is 74.6 Å². The van der Waals surface area contributed by atoms with E-state index in [9.17, 15) is 8.42 Å². The Morgan fingerprint density at radius 1 is 1.15 bits per heavy atom. The Bertz CT molecular complexity index is 574. The molecule has 2 N–H and O–H groups in total. The van der Waals surface area contributed by atoms with Gasteiger partial charge in [0, 0.05) is 6.61 Å². The summed E-state index contributed by atoms with van der Waals surface area (Å²) < 4.78 is 29.6. The van der Waals surface area contributed by atoms with Gasteiger partial charge in [-0.15, -0.1) is 0 Å². The molecule has 3 rings (SSSR count). The number of aryl methyl sites for hydroxylation is 1. The van der Waals surface area contributed by atoms with Crippen LogP contribution in [0.2, 0.25) is 0 Å². The summed E-state index contributed by atoms with van der Waals surface area (Å²) in [6.45, 7) is 2.24. The predicted molar refractivity (Wildman–Crippen MR) is 76.9 cm³/mol. The lowest BCUT2D eigenvalue weighted by atomic mass is 9.95. The van der Waals surface area contributed by atoms with E-state index in [0.717, 1.165) is 17.4 Å². The molecule has 3 unspecified atom stereocenters. The van der Waals surface area contributed by atoms with Crippen molar-refractivity contribution in [1.29, 1.82) is 0 Å². The minimum Gasteiger partial charge on any atom is -0.396 e. The van der Waals surface area contributed by atoms with Gasteiger partial charge in [0.2, 0.25) is 0 Å². The first-order chi connectivity index (χ1) is 9.40. The van der Waals surface area contributed by atoms with Crippen LogP contribution in [0.15, 0.2) is 41.3 Å². The van der Waals surface area contributed by atoms with E-state index in [0.29, 0.717) is 12.5 Å². The Morgan fingerprint density at radius 3 is 2.15 bits per heavy atom. The van der Waals surface area contributed by atoms with Crippen molar-refractivity contribution >= 4 is 10.1 Å². The molecule has 2 aliphatic carbocycles. The number of benzene rings is 1. The number of fused-ring (bicyclic) bond motifs is 2. The zero-order chi connectivity index (χ0) is 14.8. The third-order valence-corrected chi connectivity index (χ3v) is 4.84. The molecule has 0 aromatic heterocycles. The van der Waals surface area contributed by atoms with Gasteiger partial charge in [0.15, 0.2) is 0 Å². The normalized spacial score (nSPS) is 27.2. The molecule has 3 atom stereocenters. The summed E-state index contributed by atoms with van der Waals surface area (Å²) in [5, 5.41) is 8.85. The Labute approximate surface area is 119 Å². The first-order valence-electron chi connectivity index (χ1n) is 6.73. The molecule has 0 aliphatic heterocycles. The number of aliphatic hydroxyl groups excluding tert-OH is 1. The van der Waals surface area contributed by atoms with Crippen LogP contribution in [0.25, 0.3) is 0 Å². The molecule has 1 saturated carbocycles. The van der Waals surface area contributed by atoms with E-state index in [1.54, 1.807) is 12.1 Å². The summed E-state index contributed by atoms with van der Waals surface area (Å²) >= 11 is 0. The van der Waals surface area contributed by atoms with Crippen molar-refractivity contribution in [2.45, 2.75) is 24.7 Å². The molecule has 0 spiro atoms. The van der Waals surface area contributed by atoms with E-state index in [1.807, 2.05) is 6.92 Å². The molecule has 20 heavy (non-hydrogen) atoms. The van der Waals surface area contributed by atoms with Crippen molar-refractivity contribution < 1.29 is 18.1 Å². The van der Waals surface area contributed by atoms with Crippen LogP contribution in [0.3, 0.4) is 0 Å². The summed E-state index contributed by atoms with van der Waals surface area (Å²) in [5.41, 5.74) is 0.956. The summed E-state index contributed by atoms with van der Waals surface area (Å²) in [6.07, 6.45) is 7.12. The van der Waals surface area contributed by atoms with Gasteiger partial charge in [0.25, 0.3) is 10.1 Å². The maximum Gasteiger partial charge on any atom is 0.294 e. The van der Waals surface area contributed by atoms with E-state index < -0.39 is 10.1 Å². The Kier molecular flexibility index (Phi) is 4.62. The SMILES string of the molecule is Cc1ccc(S(=O)(=O)O)cc1.OCC1CC2C=CC1C2. The largest absolute Gasteiger partial charge is 0.396 e. The van der Waals surface area contributed by atoms with Gasteiger partial charge < -0.3 is 5.11 Å². The van der Waals surface area contributed by atoms with Crippen molar-refractivity contribution in [2.75, 3.05) is 6.61 Å². The molecule has 0 amide bonds. The Balaban J connectivity index is 0.000000149. The van der Waals surface area contributed by atoms with Gasteiger partial charge in [-0.2, -0.15) is 8.42 Å². The van der Waals surface area contributed by atoms with E-state index >= 15 is 0 Å². The molecule has 4 nitrogen and oxygen atoms in total. The van der Waals surface area contributed by atoms with Crippen LogP contribution >= 0.6 is 0 Å². The standard InChI is InChI=1S/C8H12O.C7H8O3S/c9-5-8-4-6-1-2-7(8)3-6;1-6-2-4-7(5-3-6)11(8,9)10/h1-2,6-9H,3-5H2;2-5H,1H3,(H,8,9,10). The summed E-state index contributed by atoms with van der Waals surface area (Å²) in [4.78, 5) is -0.0666. The number of hydrogen-bond acceptors (Lipinski definition) is 3. The minimum atomic E-state index is -4.02. The molecular formula is C15H20O4S. The summed E-state index contributed by atoms with van der Waals surface area (Å²) in [5.74, 6) is 2.13. The summed E-state index contributed by atoms with van der Waals surface area (Å²) in [6, 6.07) is 5.99. The predicted octanol–water partition coefficient (Wildman–Crippen LogP) is 2.43. The van der Waals surface area contributed by atoms with Crippen LogP contribution in [0.5, 0.6) is 0 Å². The molecule has 1 aromatic rings. The second kappa shape index (κ2) is 6.08. The van der Waals surface area contributed by atoms with Gasteiger partial charge in [-0.05, 0) is 49.7 Å². The third kappa shape index (κ3) is 3.69. The lowest BCUT2D eigenvalue weighted by molar-refractivity contribution is 0.207. The molecule has 0 radical (unpaired) electrons. The fourth-order valence-corrected chi connectivity index (χ4v) is 3.29. The fraction of sp³-hybridized carbons (Fsp3) is 0.467. The molecule has 2 bridgehead atoms. The minimum absolute atomic E-state index is 0.0666. The second-order valence-corrected chi connectivity index (χ2v) is 6.93. The quantitative estimate of drug-likeness (QED) is 0.649. The van der Waals surface area contributed by atoms with E-state index in [4.69, 9.17) is 9.66 Å². The maximum absolute atomic E-state index is 10.5. The van der Waals surface area contributed by atoms with Crippen molar-refractivity contribution in [3.63, 3.8) is 0 Å². The van der Waals surface area contributed by atoms with Crippen molar-refractivity contribution in [1.82, 2.24) is 0 Å². The molecule has 0 heterocycles. The second-order valence-electron chi connectivity index (χ2n) is 5.51. The number of aliphatic hydroxyl groups is 1. The average Bonchev–Trinajstić information content (AvgIpc) is 3.01. The molecular weight excluding hydrogens is 276 g/mol. The fourth-order valence-electron chi connectivity index (χ4n) is 2.81. The monoisotopic (exact) mass is 296 g/mol. The van der Waals surface area contributed by atoms with Gasteiger partial charge >= 0.3 is 0 Å². The third-order valence-electron chi connectivity index (χ3n) is 3.97. The molecule has 0 saturated heterocycles. The van der Waals surface area contributed by atoms with Crippen molar-refractivity contribution in [2.24, 2.45) is 17.8 Å². The van der Waals surface area contributed by atoms with Crippen molar-refractivity contribution in [3.8, 4) is 0 Å². The van der Waals surface area contributed by atoms with Gasteiger partial charge in [-0.1, -0.05) is 29.8 Å². The maximum atomic E-state index is 10.5. The summed E-state index contributed by atoms with van der Waals surface area (Å²) in [7, 11) is -4.02. The highest BCUT2D eigenvalue weighted by Gasteiger charge is 2.34. The zero-order valence-corrected chi connectivity index (χ0v) is 12.3. The molecule has 5 heteroatoms. The van der Waals surface area contributed by atoms with Crippen LogP contribution in [0, 0.1) is 24.7 Å². The van der Waals surface area contributed by atoms with Gasteiger partial charge in [-0.3, -0.25) is 4.55 Å². The molecule has 1 fully saturated rings. The highest BCUT2D eigenvalue weighted by Crippen LogP contribution is 2.42. The van der Waals surface area contributed by atoms with Crippen LogP contribution in [-0.2, 0) is 10.1 Å². The average molecular weight is 296 g/mol.